The molecule has 0 atom stereocenters. The van der Waals surface area contributed by atoms with E-state index in [2.05, 4.69) is 10.6 Å². The van der Waals surface area contributed by atoms with Crippen LogP contribution in [0.3, 0.4) is 0 Å². The first-order valence-corrected chi connectivity index (χ1v) is 10.2. The molecule has 29 heavy (non-hydrogen) atoms. The molecule has 6 nitrogen and oxygen atoms in total. The third-order valence-corrected chi connectivity index (χ3v) is 4.60. The summed E-state index contributed by atoms with van der Waals surface area (Å²) in [5.41, 5.74) is 6.90. The van der Waals surface area contributed by atoms with Gasteiger partial charge in [-0.1, -0.05) is 35.3 Å². The maximum Gasteiger partial charge on any atom is 0.251 e. The number of benzene rings is 2. The molecule has 4 N–H and O–H groups in total. The maximum atomic E-state index is 12.0. The van der Waals surface area contributed by atoms with Crippen LogP contribution in [0.25, 0.3) is 0 Å². The Bertz CT molecular complexity index is 813. The van der Waals surface area contributed by atoms with Gasteiger partial charge >= 0.3 is 0 Å². The van der Waals surface area contributed by atoms with Gasteiger partial charge in [-0.15, -0.1) is 0 Å². The Labute approximate surface area is 180 Å². The van der Waals surface area contributed by atoms with E-state index in [0.717, 1.165) is 12.0 Å². The minimum Gasteiger partial charge on any atom is -0.492 e. The standard InChI is InChI=1S/C21H25Cl2N3O3/c22-17-8-9-19(18(23)13-17)29-12-1-3-20(27)26-14-15-4-6-16(7-5-15)21(28)25-11-2-10-24/h4-9,13H,1-3,10-12,14,24H2,(H,25,28)(H,26,27). The lowest BCUT2D eigenvalue weighted by Gasteiger charge is -2.09. The smallest absolute Gasteiger partial charge is 0.251 e. The molecular formula is C21H25Cl2N3O3. The molecule has 0 fully saturated rings. The Morgan fingerprint density at radius 1 is 1.00 bits per heavy atom. The Kier molecular flexibility index (Phi) is 9.77. The van der Waals surface area contributed by atoms with Gasteiger partial charge in [-0.3, -0.25) is 9.59 Å². The van der Waals surface area contributed by atoms with Gasteiger partial charge < -0.3 is 21.1 Å². The summed E-state index contributed by atoms with van der Waals surface area (Å²) in [6.45, 7) is 1.88. The van der Waals surface area contributed by atoms with Crippen LogP contribution in [0.1, 0.15) is 35.2 Å². The lowest BCUT2D eigenvalue weighted by atomic mass is 10.1. The summed E-state index contributed by atoms with van der Waals surface area (Å²) in [6, 6.07) is 12.1. The Balaban J connectivity index is 1.66. The second kappa shape index (κ2) is 12.3. The van der Waals surface area contributed by atoms with Crippen molar-refractivity contribution < 1.29 is 14.3 Å². The predicted molar refractivity (Wildman–Crippen MR) is 115 cm³/mol. The zero-order chi connectivity index (χ0) is 21.1. The van der Waals surface area contributed by atoms with Gasteiger partial charge in [0.25, 0.3) is 5.91 Å². The van der Waals surface area contributed by atoms with Crippen LogP contribution in [0.5, 0.6) is 5.75 Å². The third-order valence-electron chi connectivity index (χ3n) is 4.07. The normalized spacial score (nSPS) is 10.4. The number of halogens is 2. The molecule has 2 amide bonds. The minimum absolute atomic E-state index is 0.0700. The molecule has 0 radical (unpaired) electrons. The van der Waals surface area contributed by atoms with Crippen LogP contribution < -0.4 is 21.1 Å². The molecule has 0 saturated carbocycles. The van der Waals surface area contributed by atoms with Crippen molar-refractivity contribution in [1.29, 1.82) is 0 Å². The van der Waals surface area contributed by atoms with Crippen LogP contribution in [0.2, 0.25) is 10.0 Å². The third kappa shape index (κ3) is 8.31. The van der Waals surface area contributed by atoms with Crippen molar-refractivity contribution in [2.45, 2.75) is 25.8 Å². The van der Waals surface area contributed by atoms with Crippen LogP contribution in [-0.4, -0.2) is 31.5 Å². The maximum absolute atomic E-state index is 12.0. The van der Waals surface area contributed by atoms with Gasteiger partial charge in [-0.2, -0.15) is 0 Å². The molecule has 0 unspecified atom stereocenters. The molecule has 0 saturated heterocycles. The molecule has 2 rings (SSSR count). The van der Waals surface area contributed by atoms with E-state index in [9.17, 15) is 9.59 Å². The van der Waals surface area contributed by atoms with Crippen molar-refractivity contribution in [2.75, 3.05) is 19.7 Å². The van der Waals surface area contributed by atoms with Crippen LogP contribution in [0.15, 0.2) is 42.5 Å². The highest BCUT2D eigenvalue weighted by molar-refractivity contribution is 6.35. The molecule has 156 valence electrons. The number of amides is 2. The Hall–Kier alpha value is -2.28. The summed E-state index contributed by atoms with van der Waals surface area (Å²) < 4.78 is 5.56. The first-order valence-electron chi connectivity index (χ1n) is 9.41. The topological polar surface area (TPSA) is 93.5 Å². The highest BCUT2D eigenvalue weighted by Crippen LogP contribution is 2.27. The monoisotopic (exact) mass is 437 g/mol. The summed E-state index contributed by atoms with van der Waals surface area (Å²) in [4.78, 5) is 23.9. The summed E-state index contributed by atoms with van der Waals surface area (Å²) >= 11 is 11.9. The lowest BCUT2D eigenvalue weighted by Crippen LogP contribution is -2.26. The van der Waals surface area contributed by atoms with Gasteiger partial charge in [0.1, 0.15) is 5.75 Å². The molecule has 0 heterocycles. The fraction of sp³-hybridized carbons (Fsp3) is 0.333. The van der Waals surface area contributed by atoms with E-state index in [4.69, 9.17) is 33.7 Å². The second-order valence-electron chi connectivity index (χ2n) is 6.40. The zero-order valence-electron chi connectivity index (χ0n) is 16.0. The average Bonchev–Trinajstić information content (AvgIpc) is 2.71. The molecule has 0 aromatic heterocycles. The largest absolute Gasteiger partial charge is 0.492 e. The van der Waals surface area contributed by atoms with E-state index < -0.39 is 0 Å². The van der Waals surface area contributed by atoms with E-state index in [1.807, 2.05) is 12.1 Å². The van der Waals surface area contributed by atoms with Gasteiger partial charge in [0, 0.05) is 30.1 Å². The predicted octanol–water partition coefficient (Wildman–Crippen LogP) is 3.55. The number of carbonyl (C=O) groups is 2. The first kappa shape index (κ1) is 23.0. The Morgan fingerprint density at radius 3 is 2.45 bits per heavy atom. The fourth-order valence-electron chi connectivity index (χ4n) is 2.48. The summed E-state index contributed by atoms with van der Waals surface area (Å²) in [5, 5.41) is 6.64. The average molecular weight is 438 g/mol. The molecule has 2 aromatic carbocycles. The van der Waals surface area contributed by atoms with E-state index in [0.29, 0.717) is 60.4 Å². The highest BCUT2D eigenvalue weighted by atomic mass is 35.5. The Morgan fingerprint density at radius 2 is 1.76 bits per heavy atom. The van der Waals surface area contributed by atoms with Crippen LogP contribution >= 0.6 is 23.2 Å². The first-order chi connectivity index (χ1) is 14.0. The zero-order valence-corrected chi connectivity index (χ0v) is 17.6. The number of hydrogen-bond acceptors (Lipinski definition) is 4. The number of rotatable bonds is 11. The second-order valence-corrected chi connectivity index (χ2v) is 7.24. The van der Waals surface area contributed by atoms with Crippen LogP contribution in [0.4, 0.5) is 0 Å². The molecule has 0 aliphatic carbocycles. The van der Waals surface area contributed by atoms with E-state index >= 15 is 0 Å². The van der Waals surface area contributed by atoms with Crippen LogP contribution in [-0.2, 0) is 11.3 Å². The minimum atomic E-state index is -0.130. The van der Waals surface area contributed by atoms with Crippen molar-refractivity contribution in [1.82, 2.24) is 10.6 Å². The van der Waals surface area contributed by atoms with Crippen molar-refractivity contribution in [3.8, 4) is 5.75 Å². The molecule has 8 heteroatoms. The quantitative estimate of drug-likeness (QED) is 0.468. The van der Waals surface area contributed by atoms with E-state index in [1.165, 1.54) is 0 Å². The summed E-state index contributed by atoms with van der Waals surface area (Å²) in [6.07, 6.45) is 1.65. The SMILES string of the molecule is NCCCNC(=O)c1ccc(CNC(=O)CCCOc2ccc(Cl)cc2Cl)cc1. The number of carbonyl (C=O) groups excluding carboxylic acids is 2. The van der Waals surface area contributed by atoms with Crippen molar-refractivity contribution in [3.63, 3.8) is 0 Å². The molecule has 0 aliphatic heterocycles. The van der Waals surface area contributed by atoms with E-state index in [1.54, 1.807) is 30.3 Å². The van der Waals surface area contributed by atoms with Crippen molar-refractivity contribution in [3.05, 3.63) is 63.6 Å². The fourth-order valence-corrected chi connectivity index (χ4v) is 2.94. The summed E-state index contributed by atoms with van der Waals surface area (Å²) in [5.74, 6) is 0.345. The molecule has 0 aliphatic rings. The molecule has 0 spiro atoms. The molecule has 0 bridgehead atoms. The van der Waals surface area contributed by atoms with Gasteiger partial charge in [0.15, 0.2) is 0 Å². The number of hydrogen-bond donors (Lipinski definition) is 3. The van der Waals surface area contributed by atoms with Crippen molar-refractivity contribution >= 4 is 35.0 Å². The lowest BCUT2D eigenvalue weighted by molar-refractivity contribution is -0.121. The van der Waals surface area contributed by atoms with Gasteiger partial charge in [0.05, 0.1) is 11.6 Å². The number of nitrogens with two attached hydrogens (primary N) is 1. The summed E-state index contributed by atoms with van der Waals surface area (Å²) in [7, 11) is 0. The highest BCUT2D eigenvalue weighted by Gasteiger charge is 2.07. The molecule has 2 aromatic rings. The van der Waals surface area contributed by atoms with Gasteiger partial charge in [0.2, 0.25) is 5.91 Å². The van der Waals surface area contributed by atoms with Gasteiger partial charge in [-0.25, -0.2) is 0 Å². The van der Waals surface area contributed by atoms with E-state index in [-0.39, 0.29) is 11.8 Å². The molecular weight excluding hydrogens is 413 g/mol. The number of nitrogens with one attached hydrogen (secondary N) is 2. The van der Waals surface area contributed by atoms with Gasteiger partial charge in [-0.05, 0) is 55.3 Å². The van der Waals surface area contributed by atoms with Crippen molar-refractivity contribution in [2.24, 2.45) is 5.73 Å². The number of ether oxygens (including phenoxy) is 1. The van der Waals surface area contributed by atoms with Crippen LogP contribution in [0, 0.1) is 0 Å².